The normalized spacial score (nSPS) is 10.7. The van der Waals surface area contributed by atoms with Crippen LogP contribution in [0.2, 0.25) is 0 Å². The number of carbonyl (C=O) groups is 2. The Labute approximate surface area is 169 Å². The van der Waals surface area contributed by atoms with Gasteiger partial charge in [-0.1, -0.05) is 12.1 Å². The van der Waals surface area contributed by atoms with Gasteiger partial charge in [0.05, 0.1) is 26.8 Å². The molecule has 1 N–H and O–H groups in total. The second-order valence-corrected chi connectivity index (χ2v) is 6.92. The third-order valence-electron chi connectivity index (χ3n) is 3.97. The van der Waals surface area contributed by atoms with Crippen LogP contribution in [0, 0.1) is 0 Å². The van der Waals surface area contributed by atoms with Gasteiger partial charge in [0.15, 0.2) is 11.5 Å². The summed E-state index contributed by atoms with van der Waals surface area (Å²) in [6.07, 6.45) is 3.16. The molecule has 0 saturated carbocycles. The first-order chi connectivity index (χ1) is 13.6. The minimum Gasteiger partial charge on any atom is -0.493 e. The van der Waals surface area contributed by atoms with Gasteiger partial charge in [-0.25, -0.2) is 0 Å². The molecule has 0 unspecified atom stereocenters. The Bertz CT molecular complexity index is 803. The average molecular weight is 403 g/mol. The van der Waals surface area contributed by atoms with Crippen molar-refractivity contribution >= 4 is 29.2 Å². The number of hydrogen-bond donors (Lipinski definition) is 1. The third-order valence-corrected chi connectivity index (χ3v) is 4.85. The zero-order chi connectivity index (χ0) is 20.4. The Kier molecular flexibility index (Phi) is 8.55. The van der Waals surface area contributed by atoms with E-state index in [1.54, 1.807) is 30.6 Å². The second-order valence-electron chi connectivity index (χ2n) is 5.89. The fraction of sp³-hybridized carbons (Fsp3) is 0.333. The lowest BCUT2D eigenvalue weighted by Crippen LogP contribution is -2.39. The zero-order valence-electron chi connectivity index (χ0n) is 16.4. The Morgan fingerprint density at radius 1 is 1.21 bits per heavy atom. The molecule has 150 valence electrons. The van der Waals surface area contributed by atoms with Gasteiger partial charge in [-0.15, -0.1) is 11.3 Å². The number of nitrogens with zero attached hydrogens (tertiary/aromatic N) is 1. The van der Waals surface area contributed by atoms with Crippen molar-refractivity contribution in [2.75, 3.05) is 26.8 Å². The molecular weight excluding hydrogens is 376 g/mol. The molecule has 0 spiro atoms. The standard InChI is InChI=1S/C21H26N2O4S/c1-4-23(15-20(24)22-14-17-7-6-12-28-17)21(25)11-9-16-8-10-18(27-5-2)19(13-16)26-3/h6-13H,4-5,14-15H2,1-3H3,(H,22,24)/b11-9+. The summed E-state index contributed by atoms with van der Waals surface area (Å²) in [6, 6.07) is 9.36. The summed E-state index contributed by atoms with van der Waals surface area (Å²) in [7, 11) is 1.57. The fourth-order valence-corrected chi connectivity index (χ4v) is 3.15. The van der Waals surface area contributed by atoms with Gasteiger partial charge in [0, 0.05) is 17.5 Å². The summed E-state index contributed by atoms with van der Waals surface area (Å²) in [5.41, 5.74) is 0.812. The minimum absolute atomic E-state index is 0.0254. The molecule has 2 aromatic rings. The minimum atomic E-state index is -0.221. The number of carbonyl (C=O) groups excluding carboxylic acids is 2. The summed E-state index contributed by atoms with van der Waals surface area (Å²) in [5, 5.41) is 4.80. The topological polar surface area (TPSA) is 67.9 Å². The van der Waals surface area contributed by atoms with Crippen molar-refractivity contribution in [3.05, 3.63) is 52.2 Å². The van der Waals surface area contributed by atoms with Crippen LogP contribution in [0.4, 0.5) is 0 Å². The van der Waals surface area contributed by atoms with Crippen LogP contribution in [0.15, 0.2) is 41.8 Å². The third kappa shape index (κ3) is 6.42. The van der Waals surface area contributed by atoms with Gasteiger partial charge in [0.25, 0.3) is 0 Å². The fourth-order valence-electron chi connectivity index (χ4n) is 2.51. The van der Waals surface area contributed by atoms with E-state index in [-0.39, 0.29) is 18.4 Å². The summed E-state index contributed by atoms with van der Waals surface area (Å²) in [6.45, 7) is 5.24. The van der Waals surface area contributed by atoms with E-state index in [2.05, 4.69) is 5.32 Å². The van der Waals surface area contributed by atoms with Crippen molar-refractivity contribution in [1.29, 1.82) is 0 Å². The maximum absolute atomic E-state index is 12.4. The molecular formula is C21H26N2O4S. The Morgan fingerprint density at radius 3 is 2.68 bits per heavy atom. The molecule has 6 nitrogen and oxygen atoms in total. The Balaban J connectivity index is 1.94. The summed E-state index contributed by atoms with van der Waals surface area (Å²) < 4.78 is 10.8. The van der Waals surface area contributed by atoms with Crippen molar-refractivity contribution in [2.24, 2.45) is 0 Å². The van der Waals surface area contributed by atoms with E-state index in [4.69, 9.17) is 9.47 Å². The molecule has 0 fully saturated rings. The smallest absolute Gasteiger partial charge is 0.247 e. The highest BCUT2D eigenvalue weighted by Crippen LogP contribution is 2.28. The molecule has 0 aliphatic rings. The molecule has 2 rings (SSSR count). The molecule has 1 aromatic heterocycles. The molecule has 0 aliphatic heterocycles. The molecule has 1 heterocycles. The average Bonchev–Trinajstić information content (AvgIpc) is 3.23. The lowest BCUT2D eigenvalue weighted by Gasteiger charge is -2.18. The van der Waals surface area contributed by atoms with Gasteiger partial charge in [-0.05, 0) is 49.1 Å². The van der Waals surface area contributed by atoms with E-state index >= 15 is 0 Å². The Hall–Kier alpha value is -2.80. The van der Waals surface area contributed by atoms with E-state index in [1.165, 1.54) is 11.0 Å². The summed E-state index contributed by atoms with van der Waals surface area (Å²) in [5.74, 6) is 0.865. The number of methoxy groups -OCH3 is 1. The van der Waals surface area contributed by atoms with Crippen LogP contribution in [-0.4, -0.2) is 43.5 Å². The number of hydrogen-bond acceptors (Lipinski definition) is 5. The van der Waals surface area contributed by atoms with Gasteiger partial charge in [-0.2, -0.15) is 0 Å². The molecule has 0 saturated heterocycles. The lowest BCUT2D eigenvalue weighted by atomic mass is 10.2. The van der Waals surface area contributed by atoms with E-state index in [1.807, 2.05) is 43.5 Å². The van der Waals surface area contributed by atoms with Crippen LogP contribution in [0.3, 0.4) is 0 Å². The molecule has 0 radical (unpaired) electrons. The summed E-state index contributed by atoms with van der Waals surface area (Å²) >= 11 is 1.58. The number of benzene rings is 1. The van der Waals surface area contributed by atoms with Crippen LogP contribution >= 0.6 is 11.3 Å². The monoisotopic (exact) mass is 402 g/mol. The maximum Gasteiger partial charge on any atom is 0.247 e. The van der Waals surface area contributed by atoms with Gasteiger partial charge < -0.3 is 19.7 Å². The van der Waals surface area contributed by atoms with Crippen LogP contribution in [0.1, 0.15) is 24.3 Å². The van der Waals surface area contributed by atoms with E-state index in [9.17, 15) is 9.59 Å². The number of likely N-dealkylation sites (N-methyl/N-ethyl adjacent to an activating group) is 1. The number of ether oxygens (including phenoxy) is 2. The van der Waals surface area contributed by atoms with Crippen LogP contribution < -0.4 is 14.8 Å². The van der Waals surface area contributed by atoms with E-state index in [0.717, 1.165) is 10.4 Å². The van der Waals surface area contributed by atoms with Crippen molar-refractivity contribution in [2.45, 2.75) is 20.4 Å². The largest absolute Gasteiger partial charge is 0.493 e. The molecule has 1 aromatic carbocycles. The van der Waals surface area contributed by atoms with Gasteiger partial charge >= 0.3 is 0 Å². The summed E-state index contributed by atoms with van der Waals surface area (Å²) in [4.78, 5) is 27.1. The lowest BCUT2D eigenvalue weighted by molar-refractivity contribution is -0.132. The maximum atomic E-state index is 12.4. The zero-order valence-corrected chi connectivity index (χ0v) is 17.3. The number of amides is 2. The van der Waals surface area contributed by atoms with Gasteiger partial charge in [0.2, 0.25) is 11.8 Å². The van der Waals surface area contributed by atoms with Crippen molar-refractivity contribution in [3.63, 3.8) is 0 Å². The molecule has 7 heteroatoms. The number of rotatable bonds is 10. The number of thiophene rings is 1. The highest BCUT2D eigenvalue weighted by Gasteiger charge is 2.13. The van der Waals surface area contributed by atoms with E-state index in [0.29, 0.717) is 31.2 Å². The quantitative estimate of drug-likeness (QED) is 0.619. The molecule has 28 heavy (non-hydrogen) atoms. The Morgan fingerprint density at radius 2 is 2.04 bits per heavy atom. The van der Waals surface area contributed by atoms with Gasteiger partial charge in [-0.3, -0.25) is 9.59 Å². The second kappa shape index (κ2) is 11.1. The molecule has 0 aliphatic carbocycles. The molecule has 2 amide bonds. The first-order valence-electron chi connectivity index (χ1n) is 9.14. The first kappa shape index (κ1) is 21.5. The number of nitrogens with one attached hydrogen (secondary N) is 1. The molecule has 0 atom stereocenters. The SMILES string of the molecule is CCOc1ccc(/C=C/C(=O)N(CC)CC(=O)NCc2cccs2)cc1OC. The predicted octanol–water partition coefficient (Wildman–Crippen LogP) is 3.33. The van der Waals surface area contributed by atoms with Crippen molar-refractivity contribution < 1.29 is 19.1 Å². The first-order valence-corrected chi connectivity index (χ1v) is 10.0. The van der Waals surface area contributed by atoms with Crippen LogP contribution in [0.25, 0.3) is 6.08 Å². The van der Waals surface area contributed by atoms with Gasteiger partial charge in [0.1, 0.15) is 0 Å². The van der Waals surface area contributed by atoms with Crippen LogP contribution in [-0.2, 0) is 16.1 Å². The van der Waals surface area contributed by atoms with E-state index < -0.39 is 0 Å². The highest BCUT2D eigenvalue weighted by molar-refractivity contribution is 7.09. The van der Waals surface area contributed by atoms with Crippen molar-refractivity contribution in [1.82, 2.24) is 10.2 Å². The molecule has 0 bridgehead atoms. The van der Waals surface area contributed by atoms with Crippen molar-refractivity contribution in [3.8, 4) is 11.5 Å². The van der Waals surface area contributed by atoms with Crippen LogP contribution in [0.5, 0.6) is 11.5 Å². The predicted molar refractivity (Wildman–Crippen MR) is 112 cm³/mol. The highest BCUT2D eigenvalue weighted by atomic mass is 32.1.